The fourth-order valence-corrected chi connectivity index (χ4v) is 4.12. The third kappa shape index (κ3) is 5.12. The number of nitrogens with one attached hydrogen (secondary N) is 1. The van der Waals surface area contributed by atoms with Crippen LogP contribution in [-0.2, 0) is 9.59 Å². The van der Waals surface area contributed by atoms with Crippen LogP contribution in [0.25, 0.3) is 0 Å². The van der Waals surface area contributed by atoms with Crippen LogP contribution in [0.4, 0.5) is 0 Å². The van der Waals surface area contributed by atoms with Gasteiger partial charge in [0.25, 0.3) is 5.91 Å². The van der Waals surface area contributed by atoms with Crippen LogP contribution in [0.15, 0.2) is 24.3 Å². The van der Waals surface area contributed by atoms with Crippen LogP contribution in [0.1, 0.15) is 49.9 Å². The summed E-state index contributed by atoms with van der Waals surface area (Å²) in [7, 11) is 1.58. The van der Waals surface area contributed by atoms with E-state index in [0.29, 0.717) is 37.5 Å². The van der Waals surface area contributed by atoms with Crippen molar-refractivity contribution in [1.29, 1.82) is 0 Å². The van der Waals surface area contributed by atoms with E-state index in [1.807, 2.05) is 18.7 Å². The predicted molar refractivity (Wildman–Crippen MR) is 114 cm³/mol. The summed E-state index contributed by atoms with van der Waals surface area (Å²) in [5.41, 5.74) is 0.495. The minimum atomic E-state index is -0.585. The quantitative estimate of drug-likeness (QED) is 0.707. The smallest absolute Gasteiger partial charge is 0.251 e. The Labute approximate surface area is 178 Å². The van der Waals surface area contributed by atoms with Crippen LogP contribution in [0, 0.1) is 11.8 Å². The summed E-state index contributed by atoms with van der Waals surface area (Å²) >= 11 is 0. The molecule has 3 amide bonds. The maximum Gasteiger partial charge on any atom is 0.251 e. The number of methoxy groups -OCH3 is 1. The highest BCUT2D eigenvalue weighted by molar-refractivity contribution is 5.97. The van der Waals surface area contributed by atoms with Gasteiger partial charge >= 0.3 is 0 Å². The zero-order chi connectivity index (χ0) is 21.7. The Bertz CT molecular complexity index is 748. The van der Waals surface area contributed by atoms with Gasteiger partial charge in [0.2, 0.25) is 11.8 Å². The van der Waals surface area contributed by atoms with E-state index in [4.69, 9.17) is 4.74 Å². The number of rotatable bonds is 8. The third-order valence-electron chi connectivity index (χ3n) is 6.23. The number of amides is 3. The Morgan fingerprint density at radius 3 is 2.17 bits per heavy atom. The number of piperidine rings is 1. The van der Waals surface area contributed by atoms with E-state index >= 15 is 0 Å². The highest BCUT2D eigenvalue weighted by atomic mass is 16.5. The topological polar surface area (TPSA) is 79.0 Å². The van der Waals surface area contributed by atoms with E-state index in [1.165, 1.54) is 0 Å². The molecule has 30 heavy (non-hydrogen) atoms. The minimum absolute atomic E-state index is 0.0172. The zero-order valence-electron chi connectivity index (χ0n) is 18.2. The second-order valence-electron chi connectivity index (χ2n) is 8.13. The van der Waals surface area contributed by atoms with Gasteiger partial charge in [0.15, 0.2) is 0 Å². The molecule has 0 bridgehead atoms. The van der Waals surface area contributed by atoms with Crippen molar-refractivity contribution in [2.45, 2.75) is 45.6 Å². The molecular formula is C23H33N3O4. The molecule has 1 aromatic rings. The number of ether oxygens (including phenoxy) is 1. The molecule has 0 unspecified atom stereocenters. The molecule has 0 spiro atoms. The van der Waals surface area contributed by atoms with Crippen LogP contribution in [0.2, 0.25) is 0 Å². The van der Waals surface area contributed by atoms with Gasteiger partial charge in [-0.25, -0.2) is 0 Å². The molecule has 2 fully saturated rings. The van der Waals surface area contributed by atoms with E-state index in [-0.39, 0.29) is 29.6 Å². The summed E-state index contributed by atoms with van der Waals surface area (Å²) in [4.78, 5) is 42.2. The number of likely N-dealkylation sites (N-methyl/N-ethyl adjacent to an activating group) is 1. The van der Waals surface area contributed by atoms with Crippen molar-refractivity contribution in [1.82, 2.24) is 15.1 Å². The summed E-state index contributed by atoms with van der Waals surface area (Å²) < 4.78 is 5.15. The molecule has 7 heteroatoms. The molecule has 1 aliphatic heterocycles. The molecule has 0 aromatic heterocycles. The van der Waals surface area contributed by atoms with E-state index in [1.54, 1.807) is 36.3 Å². The lowest BCUT2D eigenvalue weighted by Crippen LogP contribution is -2.54. The van der Waals surface area contributed by atoms with Gasteiger partial charge in [-0.1, -0.05) is 0 Å². The first-order valence-corrected chi connectivity index (χ1v) is 11.0. The van der Waals surface area contributed by atoms with Gasteiger partial charge < -0.3 is 19.9 Å². The Kier molecular flexibility index (Phi) is 7.34. The molecule has 0 radical (unpaired) electrons. The molecule has 1 saturated heterocycles. The van der Waals surface area contributed by atoms with Gasteiger partial charge in [-0.2, -0.15) is 0 Å². The summed E-state index contributed by atoms with van der Waals surface area (Å²) in [5.74, 6) is 0.846. The number of benzene rings is 1. The van der Waals surface area contributed by atoms with Gasteiger partial charge in [-0.05, 0) is 69.7 Å². The number of hydrogen-bond donors (Lipinski definition) is 1. The van der Waals surface area contributed by atoms with E-state index in [0.717, 1.165) is 25.7 Å². The molecule has 7 nitrogen and oxygen atoms in total. The van der Waals surface area contributed by atoms with Gasteiger partial charge in [0, 0.05) is 37.7 Å². The van der Waals surface area contributed by atoms with Crippen molar-refractivity contribution in [3.05, 3.63) is 29.8 Å². The SMILES string of the molecule is CCN(CC)C(=O)[C@@H](NC(=O)c1ccc(OC)cc1)C1CCN(C(=O)C2CC2)CC1. The Balaban J connectivity index is 1.70. The first kappa shape index (κ1) is 22.1. The average Bonchev–Trinajstić information content (AvgIpc) is 3.63. The Morgan fingerprint density at radius 2 is 1.67 bits per heavy atom. The number of carbonyl (C=O) groups is 3. The predicted octanol–water partition coefficient (Wildman–Crippen LogP) is 2.31. The van der Waals surface area contributed by atoms with Crippen LogP contribution in [0.3, 0.4) is 0 Å². The van der Waals surface area contributed by atoms with Gasteiger partial charge in [-0.3, -0.25) is 14.4 Å². The third-order valence-corrected chi connectivity index (χ3v) is 6.23. The molecule has 1 atom stereocenters. The van der Waals surface area contributed by atoms with Crippen molar-refractivity contribution < 1.29 is 19.1 Å². The molecule has 1 aliphatic carbocycles. The van der Waals surface area contributed by atoms with E-state index in [2.05, 4.69) is 5.32 Å². The van der Waals surface area contributed by atoms with Crippen molar-refractivity contribution in [3.63, 3.8) is 0 Å². The largest absolute Gasteiger partial charge is 0.497 e. The summed E-state index contributed by atoms with van der Waals surface area (Å²) in [6.45, 7) is 6.40. The lowest BCUT2D eigenvalue weighted by Gasteiger charge is -2.37. The first-order chi connectivity index (χ1) is 14.5. The average molecular weight is 416 g/mol. The number of carbonyl (C=O) groups excluding carboxylic acids is 3. The standard InChI is InChI=1S/C23H33N3O4/c1-4-25(5-2)23(29)20(24-21(27)17-8-10-19(30-3)11-9-17)16-12-14-26(15-13-16)22(28)18-6-7-18/h8-11,16,18,20H,4-7,12-15H2,1-3H3,(H,24,27)/t20-/m0/s1. The fourth-order valence-electron chi connectivity index (χ4n) is 4.12. The van der Waals surface area contributed by atoms with Crippen LogP contribution in [0.5, 0.6) is 5.75 Å². The monoisotopic (exact) mass is 415 g/mol. The van der Waals surface area contributed by atoms with E-state index in [9.17, 15) is 14.4 Å². The Hall–Kier alpha value is -2.57. The molecule has 1 heterocycles. The highest BCUT2D eigenvalue weighted by Gasteiger charge is 2.38. The van der Waals surface area contributed by atoms with Gasteiger partial charge in [-0.15, -0.1) is 0 Å². The number of nitrogens with zero attached hydrogens (tertiary/aromatic N) is 2. The van der Waals surface area contributed by atoms with Crippen molar-refractivity contribution in [2.75, 3.05) is 33.3 Å². The lowest BCUT2D eigenvalue weighted by atomic mass is 9.88. The van der Waals surface area contributed by atoms with Gasteiger partial charge in [0.1, 0.15) is 11.8 Å². The normalized spacial score (nSPS) is 17.9. The van der Waals surface area contributed by atoms with Crippen LogP contribution >= 0.6 is 0 Å². The zero-order valence-corrected chi connectivity index (χ0v) is 18.2. The van der Waals surface area contributed by atoms with Crippen LogP contribution in [-0.4, -0.2) is 66.9 Å². The van der Waals surface area contributed by atoms with Gasteiger partial charge in [0.05, 0.1) is 7.11 Å². The summed E-state index contributed by atoms with van der Waals surface area (Å²) in [6, 6.07) is 6.28. The second-order valence-corrected chi connectivity index (χ2v) is 8.13. The van der Waals surface area contributed by atoms with E-state index < -0.39 is 6.04 Å². The second kappa shape index (κ2) is 9.96. The summed E-state index contributed by atoms with van der Waals surface area (Å²) in [5, 5.41) is 2.99. The summed E-state index contributed by atoms with van der Waals surface area (Å²) in [6.07, 6.45) is 3.44. The van der Waals surface area contributed by atoms with Crippen molar-refractivity contribution in [2.24, 2.45) is 11.8 Å². The minimum Gasteiger partial charge on any atom is -0.497 e. The molecular weight excluding hydrogens is 382 g/mol. The molecule has 2 aliphatic rings. The first-order valence-electron chi connectivity index (χ1n) is 11.0. The highest BCUT2D eigenvalue weighted by Crippen LogP contribution is 2.33. The van der Waals surface area contributed by atoms with Crippen molar-refractivity contribution in [3.8, 4) is 5.75 Å². The molecule has 1 saturated carbocycles. The molecule has 3 rings (SSSR count). The van der Waals surface area contributed by atoms with Crippen molar-refractivity contribution >= 4 is 17.7 Å². The molecule has 164 valence electrons. The maximum absolute atomic E-state index is 13.2. The number of hydrogen-bond acceptors (Lipinski definition) is 4. The molecule has 1 N–H and O–H groups in total. The molecule has 1 aromatic carbocycles. The number of likely N-dealkylation sites (tertiary alicyclic amines) is 1. The lowest BCUT2D eigenvalue weighted by molar-refractivity contribution is -0.136. The fraction of sp³-hybridized carbons (Fsp3) is 0.609. The van der Waals surface area contributed by atoms with Crippen LogP contribution < -0.4 is 10.1 Å². The maximum atomic E-state index is 13.2. The Morgan fingerprint density at radius 1 is 1.07 bits per heavy atom.